The van der Waals surface area contributed by atoms with Crippen LogP contribution in [0, 0.1) is 18.6 Å². The van der Waals surface area contributed by atoms with Crippen LogP contribution in [0.5, 0.6) is 0 Å². The van der Waals surface area contributed by atoms with E-state index in [-0.39, 0.29) is 11.4 Å². The molecular weight excluding hydrogens is 429 g/mol. The zero-order valence-electron chi connectivity index (χ0n) is 15.9. The quantitative estimate of drug-likeness (QED) is 0.362. The summed E-state index contributed by atoms with van der Waals surface area (Å²) in [6.07, 6.45) is -1.76. The highest BCUT2D eigenvalue weighted by atomic mass is 32.2. The number of anilines is 1. The Hall–Kier alpha value is -2.37. The van der Waals surface area contributed by atoms with Crippen molar-refractivity contribution in [3.63, 3.8) is 0 Å². The first-order valence-electron chi connectivity index (χ1n) is 8.89. The normalized spacial score (nSPS) is 14.5. The number of aromatic nitrogens is 1. The van der Waals surface area contributed by atoms with Crippen molar-refractivity contribution in [2.24, 2.45) is 0 Å². The second-order valence-corrected chi connectivity index (χ2v) is 7.39. The van der Waals surface area contributed by atoms with Gasteiger partial charge in [-0.05, 0) is 56.0 Å². The fraction of sp³-hybridized carbons (Fsp3) is 0.316. The Morgan fingerprint density at radius 2 is 2.00 bits per heavy atom. The molecule has 1 unspecified atom stereocenters. The number of halogens is 5. The SMILES string of the molecule is Cc1c(SNC(C)OC(F)(F)F)c2n(c1C(=O)Nc1ccc(F)c(F)c1)CCC=C2. The lowest BCUT2D eigenvalue weighted by atomic mass is 10.2. The molecule has 5 nitrogen and oxygen atoms in total. The summed E-state index contributed by atoms with van der Waals surface area (Å²) in [5, 5.41) is 2.53. The van der Waals surface area contributed by atoms with Crippen LogP contribution >= 0.6 is 11.9 Å². The molecule has 0 bridgehead atoms. The standard InChI is InChI=1S/C19H18F5N3O2S/c1-10-16(18(28)25-12-6-7-13(20)14(21)9-12)27-8-4-3-5-15(27)17(10)30-26-11(2)29-19(22,23)24/h3,5-7,9,11,26H,4,8H2,1-2H3,(H,25,28). The summed E-state index contributed by atoms with van der Waals surface area (Å²) in [4.78, 5) is 13.4. The van der Waals surface area contributed by atoms with Crippen LogP contribution in [0.4, 0.5) is 27.6 Å². The fourth-order valence-electron chi connectivity index (χ4n) is 3.09. The molecule has 1 amide bonds. The van der Waals surface area contributed by atoms with E-state index in [1.807, 2.05) is 6.08 Å². The van der Waals surface area contributed by atoms with Gasteiger partial charge in [-0.1, -0.05) is 6.08 Å². The number of nitrogens with one attached hydrogen (secondary N) is 2. The van der Waals surface area contributed by atoms with Gasteiger partial charge < -0.3 is 9.88 Å². The topological polar surface area (TPSA) is 55.3 Å². The van der Waals surface area contributed by atoms with Crippen LogP contribution < -0.4 is 10.0 Å². The van der Waals surface area contributed by atoms with Gasteiger partial charge in [-0.3, -0.25) is 9.53 Å². The molecule has 0 fully saturated rings. The molecule has 1 aliphatic heterocycles. The minimum absolute atomic E-state index is 0.0831. The van der Waals surface area contributed by atoms with Crippen LogP contribution in [0.3, 0.4) is 0 Å². The lowest BCUT2D eigenvalue weighted by Crippen LogP contribution is -2.30. The predicted octanol–water partition coefficient (Wildman–Crippen LogP) is 5.22. The number of rotatable bonds is 6. The van der Waals surface area contributed by atoms with Crippen molar-refractivity contribution in [3.05, 3.63) is 52.9 Å². The summed E-state index contributed by atoms with van der Waals surface area (Å²) in [7, 11) is 0. The lowest BCUT2D eigenvalue weighted by molar-refractivity contribution is -0.341. The Balaban J connectivity index is 1.85. The van der Waals surface area contributed by atoms with E-state index in [2.05, 4.69) is 14.8 Å². The number of carbonyl (C=O) groups is 1. The first-order valence-corrected chi connectivity index (χ1v) is 9.71. The van der Waals surface area contributed by atoms with E-state index in [1.54, 1.807) is 17.6 Å². The second kappa shape index (κ2) is 8.78. The Labute approximate surface area is 173 Å². The number of hydrogen-bond donors (Lipinski definition) is 2. The van der Waals surface area contributed by atoms with Gasteiger partial charge in [0.25, 0.3) is 5.91 Å². The van der Waals surface area contributed by atoms with Gasteiger partial charge in [0.1, 0.15) is 11.9 Å². The zero-order chi connectivity index (χ0) is 22.1. The summed E-state index contributed by atoms with van der Waals surface area (Å²) in [5.74, 6) is -2.67. The van der Waals surface area contributed by atoms with Crippen molar-refractivity contribution >= 4 is 29.6 Å². The van der Waals surface area contributed by atoms with Gasteiger partial charge in [-0.25, -0.2) is 13.5 Å². The molecule has 162 valence electrons. The third-order valence-electron chi connectivity index (χ3n) is 4.31. The number of allylic oxidation sites excluding steroid dienone is 1. The molecule has 2 N–H and O–H groups in total. The monoisotopic (exact) mass is 447 g/mol. The van der Waals surface area contributed by atoms with Crippen LogP contribution in [-0.4, -0.2) is 23.1 Å². The highest BCUT2D eigenvalue weighted by Gasteiger charge is 2.32. The zero-order valence-corrected chi connectivity index (χ0v) is 16.8. The van der Waals surface area contributed by atoms with Crippen LogP contribution in [-0.2, 0) is 11.3 Å². The Morgan fingerprint density at radius 3 is 2.67 bits per heavy atom. The third-order valence-corrected chi connectivity index (χ3v) is 5.48. The molecule has 11 heteroatoms. The number of alkyl halides is 3. The highest BCUT2D eigenvalue weighted by molar-refractivity contribution is 7.97. The van der Waals surface area contributed by atoms with Crippen molar-refractivity contribution in [1.82, 2.24) is 9.29 Å². The van der Waals surface area contributed by atoms with Crippen molar-refractivity contribution in [1.29, 1.82) is 0 Å². The van der Waals surface area contributed by atoms with E-state index in [1.165, 1.54) is 13.0 Å². The average molecular weight is 447 g/mol. The molecule has 0 saturated carbocycles. The number of benzene rings is 1. The summed E-state index contributed by atoms with van der Waals surface area (Å²) in [6.45, 7) is 3.37. The molecular formula is C19H18F5N3O2S. The summed E-state index contributed by atoms with van der Waals surface area (Å²) in [6, 6.07) is 3.01. The molecule has 2 heterocycles. The first kappa shape index (κ1) is 22.3. The molecule has 1 aliphatic rings. The minimum Gasteiger partial charge on any atom is -0.335 e. The van der Waals surface area contributed by atoms with Crippen molar-refractivity contribution in [2.45, 2.75) is 44.3 Å². The molecule has 2 aromatic rings. The number of amides is 1. The maximum atomic E-state index is 13.4. The molecule has 0 radical (unpaired) electrons. The maximum absolute atomic E-state index is 13.4. The molecule has 0 saturated heterocycles. The number of nitrogens with zero attached hydrogens (tertiary/aromatic N) is 1. The fourth-order valence-corrected chi connectivity index (χ4v) is 3.96. The average Bonchev–Trinajstić information content (AvgIpc) is 2.93. The van der Waals surface area contributed by atoms with E-state index in [0.717, 1.165) is 24.1 Å². The Kier molecular flexibility index (Phi) is 6.53. The van der Waals surface area contributed by atoms with Gasteiger partial charge >= 0.3 is 6.36 Å². The summed E-state index contributed by atoms with van der Waals surface area (Å²) in [5.41, 5.74) is 1.56. The predicted molar refractivity (Wildman–Crippen MR) is 103 cm³/mol. The molecule has 1 aromatic carbocycles. The lowest BCUT2D eigenvalue weighted by Gasteiger charge is -2.17. The van der Waals surface area contributed by atoms with Gasteiger partial charge in [0.05, 0.1) is 10.6 Å². The molecule has 1 atom stereocenters. The van der Waals surface area contributed by atoms with Crippen molar-refractivity contribution in [2.75, 3.05) is 5.32 Å². The van der Waals surface area contributed by atoms with E-state index >= 15 is 0 Å². The molecule has 30 heavy (non-hydrogen) atoms. The summed E-state index contributed by atoms with van der Waals surface area (Å²) < 4.78 is 71.8. The van der Waals surface area contributed by atoms with Crippen LogP contribution in [0.25, 0.3) is 6.08 Å². The molecule has 3 rings (SSSR count). The van der Waals surface area contributed by atoms with E-state index in [0.29, 0.717) is 29.1 Å². The first-order chi connectivity index (χ1) is 14.1. The van der Waals surface area contributed by atoms with Gasteiger partial charge in [0, 0.05) is 18.3 Å². The van der Waals surface area contributed by atoms with Gasteiger partial charge in [-0.15, -0.1) is 13.2 Å². The third kappa shape index (κ3) is 5.02. The van der Waals surface area contributed by atoms with E-state index < -0.39 is 30.1 Å². The minimum atomic E-state index is -4.78. The smallest absolute Gasteiger partial charge is 0.335 e. The summed E-state index contributed by atoms with van der Waals surface area (Å²) >= 11 is 0.923. The van der Waals surface area contributed by atoms with E-state index in [4.69, 9.17) is 0 Å². The molecule has 0 aliphatic carbocycles. The Morgan fingerprint density at radius 1 is 1.27 bits per heavy atom. The second-order valence-electron chi connectivity index (χ2n) is 6.54. The van der Waals surface area contributed by atoms with Crippen LogP contribution in [0.1, 0.15) is 35.1 Å². The Bertz CT molecular complexity index is 988. The molecule has 0 spiro atoms. The van der Waals surface area contributed by atoms with Gasteiger partial charge in [0.2, 0.25) is 0 Å². The van der Waals surface area contributed by atoms with Gasteiger partial charge in [0.15, 0.2) is 11.6 Å². The van der Waals surface area contributed by atoms with Crippen LogP contribution in [0.15, 0.2) is 29.2 Å². The van der Waals surface area contributed by atoms with Crippen LogP contribution in [0.2, 0.25) is 0 Å². The van der Waals surface area contributed by atoms with Crippen molar-refractivity contribution in [3.8, 4) is 0 Å². The number of ether oxygens (including phenoxy) is 1. The highest BCUT2D eigenvalue weighted by Crippen LogP contribution is 2.34. The molecule has 1 aromatic heterocycles. The van der Waals surface area contributed by atoms with Crippen molar-refractivity contribution < 1.29 is 31.5 Å². The largest absolute Gasteiger partial charge is 0.524 e. The number of hydrogen-bond acceptors (Lipinski definition) is 4. The maximum Gasteiger partial charge on any atom is 0.524 e. The number of carbonyl (C=O) groups excluding carboxylic acids is 1. The van der Waals surface area contributed by atoms with E-state index in [9.17, 15) is 26.7 Å². The van der Waals surface area contributed by atoms with Gasteiger partial charge in [-0.2, -0.15) is 0 Å². The number of fused-ring (bicyclic) bond motifs is 1.